The Balaban J connectivity index is 2.24. The summed E-state index contributed by atoms with van der Waals surface area (Å²) in [4.78, 5) is 14.9. The molecule has 1 heterocycles. The maximum absolute atomic E-state index is 10.9. The molecule has 0 fully saturated rings. The third kappa shape index (κ3) is 4.74. The first kappa shape index (κ1) is 17.3. The van der Waals surface area contributed by atoms with E-state index in [-0.39, 0.29) is 11.7 Å². The minimum absolute atomic E-state index is 0.0895. The number of halogens is 4. The topological polar surface area (TPSA) is 88.2 Å². The highest BCUT2D eigenvalue weighted by Gasteiger charge is 2.32. The van der Waals surface area contributed by atoms with Crippen molar-refractivity contribution in [3.8, 4) is 0 Å². The molecular weight excluding hydrogens is 420 g/mol. The van der Waals surface area contributed by atoms with Gasteiger partial charge in [0.25, 0.3) is 9.68 Å². The van der Waals surface area contributed by atoms with Crippen molar-refractivity contribution in [2.75, 3.05) is 0 Å². The Bertz CT molecular complexity index is 658. The van der Waals surface area contributed by atoms with Crippen LogP contribution in [0.5, 0.6) is 0 Å². The number of rotatable bonds is 4. The van der Waals surface area contributed by atoms with Crippen molar-refractivity contribution in [3.05, 3.63) is 46.0 Å². The average Bonchev–Trinajstić information content (AvgIpc) is 2.89. The Kier molecular flexibility index (Phi) is 5.55. The van der Waals surface area contributed by atoms with Crippen LogP contribution in [0.3, 0.4) is 0 Å². The lowest BCUT2D eigenvalue weighted by atomic mass is 10.1. The van der Waals surface area contributed by atoms with E-state index in [0.29, 0.717) is 6.42 Å². The lowest BCUT2D eigenvalue weighted by molar-refractivity contribution is 0.189. The van der Waals surface area contributed by atoms with E-state index < -0.39 is 15.9 Å². The summed E-state index contributed by atoms with van der Waals surface area (Å²) < 4.78 is 3.90. The number of benzene rings is 1. The fraction of sp³-hybridized carbons (Fsp3) is 0.250. The lowest BCUT2D eigenvalue weighted by Crippen LogP contribution is -2.29. The second-order valence-corrected chi connectivity index (χ2v) is 7.49. The molecule has 6 nitrogen and oxygen atoms in total. The van der Waals surface area contributed by atoms with Gasteiger partial charge in [-0.25, -0.2) is 4.79 Å². The van der Waals surface area contributed by atoms with Crippen molar-refractivity contribution in [3.63, 3.8) is 0 Å². The normalized spacial score (nSPS) is 12.9. The van der Waals surface area contributed by atoms with Gasteiger partial charge in [-0.05, 0) is 17.7 Å². The number of alkyl halides is 3. The number of nitrogens with one attached hydrogen (secondary N) is 1. The van der Waals surface area contributed by atoms with Crippen molar-refractivity contribution >= 4 is 56.8 Å². The van der Waals surface area contributed by atoms with Crippen LogP contribution in [0.4, 0.5) is 4.79 Å². The van der Waals surface area contributed by atoms with Gasteiger partial charge in [0.2, 0.25) is 0 Å². The molecule has 0 aliphatic carbocycles. The van der Waals surface area contributed by atoms with E-state index in [2.05, 4.69) is 31.4 Å². The van der Waals surface area contributed by atoms with Gasteiger partial charge in [-0.1, -0.05) is 68.0 Å². The minimum Gasteiger partial charge on any atom is -0.465 e. The second-order valence-electron chi connectivity index (χ2n) is 4.29. The summed E-state index contributed by atoms with van der Waals surface area (Å²) in [6.45, 7) is 0. The Morgan fingerprint density at radius 3 is 2.50 bits per heavy atom. The molecule has 1 atom stereocenters. The number of hydrogen-bond donors (Lipinski definition) is 2. The third-order valence-corrected chi connectivity index (χ3v) is 3.66. The second kappa shape index (κ2) is 7.04. The highest BCUT2D eigenvalue weighted by atomic mass is 79.9. The molecule has 2 N–H and O–H groups in total. The molecule has 1 aromatic heterocycles. The number of nitrogens with zero attached hydrogens (tertiary/aromatic N) is 2. The first-order valence-corrected chi connectivity index (χ1v) is 7.83. The smallest absolute Gasteiger partial charge is 0.405 e. The monoisotopic (exact) mass is 427 g/mol. The number of hydrogen-bond acceptors (Lipinski definition) is 4. The molecule has 10 heteroatoms. The Labute approximate surface area is 148 Å². The maximum Gasteiger partial charge on any atom is 0.405 e. The zero-order chi connectivity index (χ0) is 16.3. The van der Waals surface area contributed by atoms with Crippen LogP contribution in [0.2, 0.25) is 0 Å². The molecule has 0 saturated heterocycles. The van der Waals surface area contributed by atoms with Crippen molar-refractivity contribution in [2.24, 2.45) is 0 Å². The Hall–Kier alpha value is -1.02. The van der Waals surface area contributed by atoms with Gasteiger partial charge in [0.05, 0.1) is 6.04 Å². The molecule has 0 spiro atoms. The minimum atomic E-state index is -1.86. The number of carbonyl (C=O) groups is 1. The van der Waals surface area contributed by atoms with Gasteiger partial charge in [0, 0.05) is 10.9 Å². The molecule has 1 amide bonds. The zero-order valence-electron chi connectivity index (χ0n) is 10.8. The van der Waals surface area contributed by atoms with E-state index in [1.165, 1.54) is 0 Å². The molecule has 0 aliphatic heterocycles. The standard InChI is InChI=1S/C12H9BrCl3N3O3/c13-7-3-1-6(2-4-7)5-8(17-11(20)21)9-18-10(22-19-9)12(14,15)16/h1-4,8,17H,5H2,(H,20,21). The summed E-state index contributed by atoms with van der Waals surface area (Å²) in [5.41, 5.74) is 0.877. The number of amides is 1. The van der Waals surface area contributed by atoms with Crippen molar-refractivity contribution in [1.82, 2.24) is 15.5 Å². The van der Waals surface area contributed by atoms with Crippen LogP contribution in [0.1, 0.15) is 23.3 Å². The van der Waals surface area contributed by atoms with Gasteiger partial charge in [0.1, 0.15) is 0 Å². The highest BCUT2D eigenvalue weighted by molar-refractivity contribution is 9.10. The Morgan fingerprint density at radius 2 is 2.00 bits per heavy atom. The number of carboxylic acid groups (broad SMARTS) is 1. The largest absolute Gasteiger partial charge is 0.465 e. The molecule has 118 valence electrons. The van der Waals surface area contributed by atoms with E-state index >= 15 is 0 Å². The number of aromatic nitrogens is 2. The van der Waals surface area contributed by atoms with Crippen molar-refractivity contribution in [2.45, 2.75) is 16.3 Å². The van der Waals surface area contributed by atoms with Crippen LogP contribution >= 0.6 is 50.7 Å². The lowest BCUT2D eigenvalue weighted by Gasteiger charge is -2.13. The van der Waals surface area contributed by atoms with E-state index in [0.717, 1.165) is 10.0 Å². The van der Waals surface area contributed by atoms with Crippen LogP contribution in [0.15, 0.2) is 33.3 Å². The summed E-state index contributed by atoms with van der Waals surface area (Å²) in [6, 6.07) is 6.64. The molecule has 2 aromatic rings. The van der Waals surface area contributed by atoms with Crippen LogP contribution in [-0.2, 0) is 10.2 Å². The first-order chi connectivity index (χ1) is 10.3. The van der Waals surface area contributed by atoms with Crippen LogP contribution < -0.4 is 5.32 Å². The molecule has 0 bridgehead atoms. The molecule has 1 unspecified atom stereocenters. The summed E-state index contributed by atoms with van der Waals surface area (Å²) in [5, 5.41) is 14.9. The van der Waals surface area contributed by atoms with Crippen molar-refractivity contribution < 1.29 is 14.4 Å². The summed E-state index contributed by atoms with van der Waals surface area (Å²) in [7, 11) is 0. The summed E-state index contributed by atoms with van der Waals surface area (Å²) >= 11 is 20.3. The molecule has 0 radical (unpaired) electrons. The summed E-state index contributed by atoms with van der Waals surface area (Å²) in [5.74, 6) is -0.132. The van der Waals surface area contributed by atoms with Crippen LogP contribution in [0, 0.1) is 0 Å². The molecular formula is C12H9BrCl3N3O3. The SMILES string of the molecule is O=C(O)NC(Cc1ccc(Br)cc1)c1noc(C(Cl)(Cl)Cl)n1. The van der Waals surface area contributed by atoms with Gasteiger partial charge >= 0.3 is 6.09 Å². The van der Waals surface area contributed by atoms with Gasteiger partial charge in [-0.15, -0.1) is 0 Å². The fourth-order valence-corrected chi connectivity index (χ4v) is 2.20. The quantitative estimate of drug-likeness (QED) is 0.711. The first-order valence-electron chi connectivity index (χ1n) is 5.90. The highest BCUT2D eigenvalue weighted by Crippen LogP contribution is 2.37. The predicted octanol–water partition coefficient (Wildman–Crippen LogP) is 4.21. The average molecular weight is 429 g/mol. The van der Waals surface area contributed by atoms with Gasteiger partial charge < -0.3 is 14.9 Å². The van der Waals surface area contributed by atoms with Gasteiger partial charge in [-0.2, -0.15) is 4.98 Å². The molecule has 0 saturated carbocycles. The van der Waals surface area contributed by atoms with Gasteiger partial charge in [0.15, 0.2) is 5.82 Å². The van der Waals surface area contributed by atoms with Crippen LogP contribution in [0.25, 0.3) is 0 Å². The third-order valence-electron chi connectivity index (χ3n) is 2.65. The molecule has 1 aromatic carbocycles. The summed E-state index contributed by atoms with van der Waals surface area (Å²) in [6.07, 6.45) is -0.902. The van der Waals surface area contributed by atoms with Crippen LogP contribution in [-0.4, -0.2) is 21.3 Å². The molecule has 0 aliphatic rings. The Morgan fingerprint density at radius 1 is 1.36 bits per heavy atom. The van der Waals surface area contributed by atoms with Gasteiger partial charge in [-0.3, -0.25) is 0 Å². The molecule has 22 heavy (non-hydrogen) atoms. The molecule has 2 rings (SSSR count). The zero-order valence-corrected chi connectivity index (χ0v) is 14.6. The van der Waals surface area contributed by atoms with E-state index in [9.17, 15) is 4.79 Å². The van der Waals surface area contributed by atoms with E-state index in [1.807, 2.05) is 24.3 Å². The van der Waals surface area contributed by atoms with Crippen molar-refractivity contribution in [1.29, 1.82) is 0 Å². The predicted molar refractivity (Wildman–Crippen MR) is 85.3 cm³/mol. The van der Waals surface area contributed by atoms with E-state index in [1.54, 1.807) is 0 Å². The van der Waals surface area contributed by atoms with E-state index in [4.69, 9.17) is 44.4 Å². The fourth-order valence-electron chi connectivity index (χ4n) is 1.70. The maximum atomic E-state index is 10.9.